The third-order valence-electron chi connectivity index (χ3n) is 6.87. The van der Waals surface area contributed by atoms with E-state index in [2.05, 4.69) is 44.0 Å². The topological polar surface area (TPSA) is 67.5 Å². The molecule has 0 radical (unpaired) electrons. The number of rotatable bonds is 3. The second-order valence-electron chi connectivity index (χ2n) is 8.52. The van der Waals surface area contributed by atoms with E-state index in [9.17, 15) is 0 Å². The van der Waals surface area contributed by atoms with Crippen LogP contribution in [0.3, 0.4) is 0 Å². The summed E-state index contributed by atoms with van der Waals surface area (Å²) >= 11 is 0. The van der Waals surface area contributed by atoms with E-state index in [0.717, 1.165) is 24.7 Å². The van der Waals surface area contributed by atoms with Crippen molar-refractivity contribution in [3.63, 3.8) is 0 Å². The van der Waals surface area contributed by atoms with Gasteiger partial charge in [0.05, 0.1) is 7.11 Å². The summed E-state index contributed by atoms with van der Waals surface area (Å²) in [6.07, 6.45) is 6.99. The van der Waals surface area contributed by atoms with Crippen LogP contribution in [0.2, 0.25) is 0 Å². The van der Waals surface area contributed by atoms with Crippen LogP contribution in [0.1, 0.15) is 37.3 Å². The van der Waals surface area contributed by atoms with Gasteiger partial charge in [-0.05, 0) is 61.3 Å². The van der Waals surface area contributed by atoms with Gasteiger partial charge in [0.2, 0.25) is 5.95 Å². The predicted octanol–water partition coefficient (Wildman–Crippen LogP) is 3.12. The molecule has 6 nitrogen and oxygen atoms in total. The van der Waals surface area contributed by atoms with E-state index in [1.807, 2.05) is 6.07 Å². The Bertz CT molecular complexity index is 826. The molecule has 1 aromatic heterocycles. The van der Waals surface area contributed by atoms with E-state index >= 15 is 0 Å². The van der Waals surface area contributed by atoms with E-state index in [0.29, 0.717) is 29.9 Å². The molecule has 0 saturated carbocycles. The minimum atomic E-state index is 0.368. The summed E-state index contributed by atoms with van der Waals surface area (Å²) in [4.78, 5) is 13.8. The average Bonchev–Trinajstić information content (AvgIpc) is 2.73. The molecular weight excluding hydrogens is 350 g/mol. The minimum Gasteiger partial charge on any atom is -0.497 e. The van der Waals surface area contributed by atoms with Crippen LogP contribution >= 0.6 is 0 Å². The molecule has 3 aliphatic heterocycles. The second-order valence-corrected chi connectivity index (χ2v) is 8.52. The van der Waals surface area contributed by atoms with Crippen molar-refractivity contribution < 1.29 is 4.74 Å². The van der Waals surface area contributed by atoms with E-state index in [4.69, 9.17) is 10.5 Å². The number of hydrogen-bond donors (Lipinski definition) is 1. The molecule has 3 fully saturated rings. The second kappa shape index (κ2) is 7.24. The van der Waals surface area contributed by atoms with Gasteiger partial charge in [0.25, 0.3) is 0 Å². The highest BCUT2D eigenvalue weighted by atomic mass is 16.5. The molecule has 3 saturated heterocycles. The molecule has 2 N–H and O–H groups in total. The van der Waals surface area contributed by atoms with Crippen molar-refractivity contribution in [2.24, 2.45) is 11.8 Å². The SMILES string of the molecule is COc1ccc([C@H]2CCC[C@H]3[C@@H]4C[C@@H](CN(c5ccnc(N)n5)C4)CN23)cc1. The highest BCUT2D eigenvalue weighted by molar-refractivity contribution is 5.42. The van der Waals surface area contributed by atoms with Crippen LogP contribution in [0, 0.1) is 11.8 Å². The van der Waals surface area contributed by atoms with Gasteiger partial charge < -0.3 is 15.4 Å². The van der Waals surface area contributed by atoms with Crippen molar-refractivity contribution in [3.05, 3.63) is 42.1 Å². The molecule has 2 bridgehead atoms. The summed E-state index contributed by atoms with van der Waals surface area (Å²) in [5, 5.41) is 0. The summed E-state index contributed by atoms with van der Waals surface area (Å²) in [6, 6.07) is 11.9. The fourth-order valence-electron chi connectivity index (χ4n) is 5.72. The predicted molar refractivity (Wildman–Crippen MR) is 110 cm³/mol. The molecule has 1 aromatic carbocycles. The number of benzene rings is 1. The van der Waals surface area contributed by atoms with Crippen molar-refractivity contribution in [2.75, 3.05) is 37.4 Å². The standard InChI is InChI=1S/C22H29N5O/c1-28-18-7-5-16(6-8-18)19-3-2-4-20-17-11-15(13-27(19)20)12-26(14-17)21-9-10-24-22(23)25-21/h5-10,15,17,19-20H,2-4,11-14H2,1H3,(H2,23,24,25)/t15-,17+,19+,20-/m0/s1. The fraction of sp³-hybridized carbons (Fsp3) is 0.545. The van der Waals surface area contributed by atoms with Gasteiger partial charge in [0, 0.05) is 37.9 Å². The van der Waals surface area contributed by atoms with E-state index in [1.54, 1.807) is 13.3 Å². The molecule has 0 unspecified atom stereocenters. The Morgan fingerprint density at radius 2 is 1.93 bits per heavy atom. The first kappa shape index (κ1) is 17.7. The molecule has 0 aliphatic carbocycles. The Morgan fingerprint density at radius 1 is 1.07 bits per heavy atom. The number of anilines is 2. The molecule has 148 valence electrons. The molecule has 5 rings (SSSR count). The van der Waals surface area contributed by atoms with Crippen molar-refractivity contribution in [3.8, 4) is 5.75 Å². The van der Waals surface area contributed by atoms with Gasteiger partial charge in [-0.3, -0.25) is 4.90 Å². The van der Waals surface area contributed by atoms with E-state index < -0.39 is 0 Å². The first-order valence-electron chi connectivity index (χ1n) is 10.4. The van der Waals surface area contributed by atoms with Gasteiger partial charge in [-0.2, -0.15) is 4.98 Å². The van der Waals surface area contributed by atoms with Crippen LogP contribution in [0.5, 0.6) is 5.75 Å². The zero-order chi connectivity index (χ0) is 19.1. The third-order valence-corrected chi connectivity index (χ3v) is 6.87. The number of nitrogen functional groups attached to an aromatic ring is 1. The Morgan fingerprint density at radius 3 is 2.71 bits per heavy atom. The fourth-order valence-corrected chi connectivity index (χ4v) is 5.72. The van der Waals surface area contributed by atoms with Gasteiger partial charge in [0.1, 0.15) is 11.6 Å². The van der Waals surface area contributed by atoms with Crippen LogP contribution in [0.4, 0.5) is 11.8 Å². The van der Waals surface area contributed by atoms with E-state index in [-0.39, 0.29) is 0 Å². The molecular formula is C22H29N5O. The van der Waals surface area contributed by atoms with Gasteiger partial charge in [-0.25, -0.2) is 4.98 Å². The highest BCUT2D eigenvalue weighted by Crippen LogP contribution is 2.45. The van der Waals surface area contributed by atoms with Crippen LogP contribution in [0.25, 0.3) is 0 Å². The lowest BCUT2D eigenvalue weighted by Crippen LogP contribution is -2.59. The van der Waals surface area contributed by atoms with Gasteiger partial charge in [0.15, 0.2) is 0 Å². The maximum atomic E-state index is 5.82. The largest absolute Gasteiger partial charge is 0.497 e. The summed E-state index contributed by atoms with van der Waals surface area (Å²) < 4.78 is 5.35. The lowest BCUT2D eigenvalue weighted by Gasteiger charge is -2.55. The number of nitrogens with two attached hydrogens (primary N) is 1. The van der Waals surface area contributed by atoms with Crippen LogP contribution in [-0.4, -0.2) is 47.7 Å². The average molecular weight is 380 g/mol. The Hall–Kier alpha value is -2.34. The number of ether oxygens (including phenoxy) is 1. The van der Waals surface area contributed by atoms with Crippen molar-refractivity contribution in [2.45, 2.75) is 37.8 Å². The maximum Gasteiger partial charge on any atom is 0.221 e. The summed E-state index contributed by atoms with van der Waals surface area (Å²) in [5.74, 6) is 3.67. The number of methoxy groups -OCH3 is 1. The molecule has 3 aliphatic rings. The zero-order valence-electron chi connectivity index (χ0n) is 16.5. The van der Waals surface area contributed by atoms with Gasteiger partial charge in [-0.15, -0.1) is 0 Å². The van der Waals surface area contributed by atoms with Crippen LogP contribution in [-0.2, 0) is 0 Å². The lowest BCUT2D eigenvalue weighted by molar-refractivity contribution is -0.0201. The Kier molecular flexibility index (Phi) is 4.59. The molecule has 0 amide bonds. The van der Waals surface area contributed by atoms with Crippen molar-refractivity contribution >= 4 is 11.8 Å². The minimum absolute atomic E-state index is 0.368. The number of aromatic nitrogens is 2. The van der Waals surface area contributed by atoms with Crippen LogP contribution < -0.4 is 15.4 Å². The number of piperidine rings is 3. The number of nitrogens with zero attached hydrogens (tertiary/aromatic N) is 4. The molecule has 6 heteroatoms. The zero-order valence-corrected chi connectivity index (χ0v) is 16.5. The Labute approximate surface area is 166 Å². The third kappa shape index (κ3) is 3.20. The molecule has 28 heavy (non-hydrogen) atoms. The monoisotopic (exact) mass is 379 g/mol. The quantitative estimate of drug-likeness (QED) is 0.884. The van der Waals surface area contributed by atoms with Gasteiger partial charge in [-0.1, -0.05) is 12.1 Å². The summed E-state index contributed by atoms with van der Waals surface area (Å²) in [6.45, 7) is 3.31. The first-order chi connectivity index (χ1) is 13.7. The molecule has 4 heterocycles. The smallest absolute Gasteiger partial charge is 0.221 e. The maximum absolute atomic E-state index is 5.82. The number of hydrogen-bond acceptors (Lipinski definition) is 6. The first-order valence-corrected chi connectivity index (χ1v) is 10.4. The van der Waals surface area contributed by atoms with Crippen LogP contribution in [0.15, 0.2) is 36.5 Å². The van der Waals surface area contributed by atoms with Crippen molar-refractivity contribution in [1.29, 1.82) is 0 Å². The summed E-state index contributed by atoms with van der Waals surface area (Å²) in [7, 11) is 1.73. The highest BCUT2D eigenvalue weighted by Gasteiger charge is 2.45. The number of fused-ring (bicyclic) bond motifs is 4. The van der Waals surface area contributed by atoms with Gasteiger partial charge >= 0.3 is 0 Å². The van der Waals surface area contributed by atoms with Crippen molar-refractivity contribution in [1.82, 2.24) is 14.9 Å². The molecule has 2 aromatic rings. The molecule has 0 spiro atoms. The normalized spacial score (nSPS) is 30.0. The van der Waals surface area contributed by atoms with E-state index in [1.165, 1.54) is 37.8 Å². The lowest BCUT2D eigenvalue weighted by atomic mass is 9.74. The summed E-state index contributed by atoms with van der Waals surface area (Å²) in [5.41, 5.74) is 7.26. The Balaban J connectivity index is 1.37. The molecule has 4 atom stereocenters.